The van der Waals surface area contributed by atoms with E-state index < -0.39 is 17.2 Å². The number of aromatic nitrogens is 1. The number of benzene rings is 1. The molecule has 1 aromatic heterocycles. The third kappa shape index (κ3) is 3.56. The van der Waals surface area contributed by atoms with Gasteiger partial charge < -0.3 is 10.4 Å². The molecular weight excluding hydrogens is 322 g/mol. The van der Waals surface area contributed by atoms with Gasteiger partial charge in [-0.1, -0.05) is 12.8 Å². The van der Waals surface area contributed by atoms with Crippen molar-refractivity contribution in [2.24, 2.45) is 0 Å². The van der Waals surface area contributed by atoms with Crippen LogP contribution in [0.4, 0.5) is 8.78 Å². The van der Waals surface area contributed by atoms with Gasteiger partial charge in [0.25, 0.3) is 5.91 Å². The van der Waals surface area contributed by atoms with Gasteiger partial charge >= 0.3 is 0 Å². The van der Waals surface area contributed by atoms with Crippen LogP contribution < -0.4 is 5.32 Å². The minimum Gasteiger partial charge on any atom is -0.388 e. The van der Waals surface area contributed by atoms with Crippen LogP contribution in [0.1, 0.15) is 35.4 Å². The summed E-state index contributed by atoms with van der Waals surface area (Å²) in [4.78, 5) is 16.6. The molecule has 3 rings (SSSR count). The first-order valence-electron chi connectivity index (χ1n) is 7.39. The van der Waals surface area contributed by atoms with Crippen molar-refractivity contribution in [1.29, 1.82) is 0 Å². The monoisotopic (exact) mass is 338 g/mol. The van der Waals surface area contributed by atoms with Crippen LogP contribution in [0.15, 0.2) is 24.4 Å². The number of nitrogens with one attached hydrogen (secondary N) is 1. The molecule has 0 radical (unpaired) electrons. The highest BCUT2D eigenvalue weighted by Crippen LogP contribution is 2.29. The standard InChI is InChI=1S/C16H16F2N2O2S/c17-11-4-3-10(7-12(11)18)15-19-8-13(23-15)14(21)20-9-16(22)5-1-2-6-16/h3-4,7-8,22H,1-2,5-6,9H2,(H,20,21). The van der Waals surface area contributed by atoms with Gasteiger partial charge in [0.15, 0.2) is 11.6 Å². The maximum atomic E-state index is 13.3. The van der Waals surface area contributed by atoms with Gasteiger partial charge in [-0.3, -0.25) is 4.79 Å². The maximum Gasteiger partial charge on any atom is 0.263 e. The predicted molar refractivity (Wildman–Crippen MR) is 83.2 cm³/mol. The fourth-order valence-electron chi connectivity index (χ4n) is 2.68. The smallest absolute Gasteiger partial charge is 0.263 e. The Kier molecular flexibility index (Phi) is 4.41. The van der Waals surface area contributed by atoms with Crippen LogP contribution in [0.2, 0.25) is 0 Å². The van der Waals surface area contributed by atoms with Crippen LogP contribution in [-0.4, -0.2) is 28.1 Å². The Labute approximate surface area is 136 Å². The normalized spacial score (nSPS) is 16.5. The van der Waals surface area contributed by atoms with Crippen molar-refractivity contribution in [3.05, 3.63) is 40.9 Å². The second-order valence-electron chi connectivity index (χ2n) is 5.77. The minimum absolute atomic E-state index is 0.213. The van der Waals surface area contributed by atoms with Gasteiger partial charge in [0.2, 0.25) is 0 Å². The van der Waals surface area contributed by atoms with Crippen LogP contribution >= 0.6 is 11.3 Å². The Balaban J connectivity index is 1.68. The summed E-state index contributed by atoms with van der Waals surface area (Å²) >= 11 is 1.10. The molecule has 1 heterocycles. The SMILES string of the molecule is O=C(NCC1(O)CCCC1)c1cnc(-c2ccc(F)c(F)c2)s1. The molecule has 0 bridgehead atoms. The Morgan fingerprint density at radius 1 is 1.30 bits per heavy atom. The summed E-state index contributed by atoms with van der Waals surface area (Å²) in [6.07, 6.45) is 4.71. The van der Waals surface area contributed by atoms with Crippen molar-refractivity contribution in [2.45, 2.75) is 31.3 Å². The number of hydrogen-bond acceptors (Lipinski definition) is 4. The van der Waals surface area contributed by atoms with E-state index in [-0.39, 0.29) is 12.5 Å². The van der Waals surface area contributed by atoms with E-state index >= 15 is 0 Å². The summed E-state index contributed by atoms with van der Waals surface area (Å²) in [5.74, 6) is -2.20. The van der Waals surface area contributed by atoms with Crippen molar-refractivity contribution >= 4 is 17.2 Å². The van der Waals surface area contributed by atoms with E-state index in [0.29, 0.717) is 28.3 Å². The van der Waals surface area contributed by atoms with Crippen LogP contribution in [0.5, 0.6) is 0 Å². The summed E-state index contributed by atoms with van der Waals surface area (Å²) in [5.41, 5.74) is -0.397. The van der Waals surface area contributed by atoms with Gasteiger partial charge in [0, 0.05) is 12.1 Å². The predicted octanol–water partition coefficient (Wildman–Crippen LogP) is 3.12. The average Bonchev–Trinajstić information content (AvgIpc) is 3.17. The van der Waals surface area contributed by atoms with Crippen molar-refractivity contribution < 1.29 is 18.7 Å². The molecule has 122 valence electrons. The fraction of sp³-hybridized carbons (Fsp3) is 0.375. The van der Waals surface area contributed by atoms with Crippen LogP contribution in [0, 0.1) is 11.6 Å². The molecule has 1 amide bonds. The molecule has 2 aromatic rings. The number of amides is 1. The van der Waals surface area contributed by atoms with Crippen LogP contribution in [0.3, 0.4) is 0 Å². The number of thiazole rings is 1. The van der Waals surface area contributed by atoms with Gasteiger partial charge in [0.1, 0.15) is 9.88 Å². The third-order valence-corrected chi connectivity index (χ3v) is 5.05. The van der Waals surface area contributed by atoms with Crippen molar-refractivity contribution in [1.82, 2.24) is 10.3 Å². The number of halogens is 2. The lowest BCUT2D eigenvalue weighted by Gasteiger charge is -2.21. The molecule has 4 nitrogen and oxygen atoms in total. The summed E-state index contributed by atoms with van der Waals surface area (Å²) < 4.78 is 26.2. The first kappa shape index (κ1) is 16.0. The second-order valence-corrected chi connectivity index (χ2v) is 6.80. The molecule has 1 aromatic carbocycles. The highest BCUT2D eigenvalue weighted by molar-refractivity contribution is 7.16. The topological polar surface area (TPSA) is 62.2 Å². The van der Waals surface area contributed by atoms with E-state index in [4.69, 9.17) is 0 Å². The first-order valence-corrected chi connectivity index (χ1v) is 8.20. The van der Waals surface area contributed by atoms with Gasteiger partial charge in [-0.25, -0.2) is 13.8 Å². The fourth-order valence-corrected chi connectivity index (χ4v) is 3.51. The highest BCUT2D eigenvalue weighted by Gasteiger charge is 2.31. The van der Waals surface area contributed by atoms with Crippen LogP contribution in [-0.2, 0) is 0 Å². The van der Waals surface area contributed by atoms with Crippen molar-refractivity contribution in [2.75, 3.05) is 6.54 Å². The summed E-state index contributed by atoms with van der Waals surface area (Å²) in [5, 5.41) is 13.4. The van der Waals surface area contributed by atoms with E-state index in [1.807, 2.05) is 0 Å². The van der Waals surface area contributed by atoms with Crippen LogP contribution in [0.25, 0.3) is 10.6 Å². The zero-order valence-corrected chi connectivity index (χ0v) is 13.1. The lowest BCUT2D eigenvalue weighted by atomic mass is 10.0. The molecule has 23 heavy (non-hydrogen) atoms. The zero-order chi connectivity index (χ0) is 16.4. The quantitative estimate of drug-likeness (QED) is 0.900. The Morgan fingerprint density at radius 3 is 2.74 bits per heavy atom. The summed E-state index contributed by atoms with van der Waals surface area (Å²) in [7, 11) is 0. The molecule has 1 aliphatic carbocycles. The van der Waals surface area contributed by atoms with Gasteiger partial charge in [-0.2, -0.15) is 0 Å². The number of hydrogen-bond donors (Lipinski definition) is 2. The molecular formula is C16H16F2N2O2S. The first-order chi connectivity index (χ1) is 11.0. The van der Waals surface area contributed by atoms with E-state index in [1.165, 1.54) is 12.3 Å². The molecule has 2 N–H and O–H groups in total. The maximum absolute atomic E-state index is 13.3. The molecule has 0 atom stereocenters. The molecule has 1 fully saturated rings. The molecule has 0 saturated heterocycles. The Hall–Kier alpha value is -1.86. The lowest BCUT2D eigenvalue weighted by Crippen LogP contribution is -2.40. The van der Waals surface area contributed by atoms with E-state index in [1.54, 1.807) is 0 Å². The number of carbonyl (C=O) groups is 1. The van der Waals surface area contributed by atoms with Crippen molar-refractivity contribution in [3.63, 3.8) is 0 Å². The van der Waals surface area contributed by atoms with E-state index in [9.17, 15) is 18.7 Å². The molecule has 1 saturated carbocycles. The van der Waals surface area contributed by atoms with Gasteiger partial charge in [0.05, 0.1) is 11.8 Å². The van der Waals surface area contributed by atoms with E-state index in [2.05, 4.69) is 10.3 Å². The average molecular weight is 338 g/mol. The number of aliphatic hydroxyl groups is 1. The molecule has 7 heteroatoms. The highest BCUT2D eigenvalue weighted by atomic mass is 32.1. The minimum atomic E-state index is -0.952. The zero-order valence-electron chi connectivity index (χ0n) is 12.3. The Bertz CT molecular complexity index is 727. The number of nitrogens with zero attached hydrogens (tertiary/aromatic N) is 1. The van der Waals surface area contributed by atoms with Crippen molar-refractivity contribution in [3.8, 4) is 10.6 Å². The molecule has 1 aliphatic rings. The second kappa shape index (κ2) is 6.33. The van der Waals surface area contributed by atoms with E-state index in [0.717, 1.165) is 36.3 Å². The van der Waals surface area contributed by atoms with Gasteiger partial charge in [-0.05, 0) is 31.0 Å². The largest absolute Gasteiger partial charge is 0.388 e. The molecule has 0 unspecified atom stereocenters. The number of carbonyl (C=O) groups excluding carboxylic acids is 1. The lowest BCUT2D eigenvalue weighted by molar-refractivity contribution is 0.0450. The molecule has 0 spiro atoms. The molecule has 0 aliphatic heterocycles. The number of rotatable bonds is 4. The summed E-state index contributed by atoms with van der Waals surface area (Å²) in [6, 6.07) is 3.50. The van der Waals surface area contributed by atoms with Gasteiger partial charge in [-0.15, -0.1) is 11.3 Å². The Morgan fingerprint density at radius 2 is 2.04 bits per heavy atom. The third-order valence-electron chi connectivity index (χ3n) is 4.01. The summed E-state index contributed by atoms with van der Waals surface area (Å²) in [6.45, 7) is 0.213.